The molecule has 1 saturated heterocycles. The third-order valence-electron chi connectivity index (χ3n) is 3.89. The number of amides is 1. The molecule has 0 bridgehead atoms. The molecule has 0 saturated carbocycles. The van der Waals surface area contributed by atoms with Crippen molar-refractivity contribution >= 4 is 28.9 Å². The zero-order valence-electron chi connectivity index (χ0n) is 13.4. The molecule has 1 fully saturated rings. The van der Waals surface area contributed by atoms with Crippen molar-refractivity contribution in [3.63, 3.8) is 0 Å². The van der Waals surface area contributed by atoms with Crippen LogP contribution in [0, 0.1) is 0 Å². The predicted molar refractivity (Wildman–Crippen MR) is 95.4 cm³/mol. The minimum Gasteiger partial charge on any atom is -0.497 e. The van der Waals surface area contributed by atoms with Crippen molar-refractivity contribution in [3.05, 3.63) is 53.1 Å². The molecule has 0 aliphatic carbocycles. The molecule has 0 radical (unpaired) electrons. The van der Waals surface area contributed by atoms with Crippen molar-refractivity contribution in [2.24, 2.45) is 0 Å². The van der Waals surface area contributed by atoms with E-state index in [1.165, 1.54) is 0 Å². The highest BCUT2D eigenvalue weighted by molar-refractivity contribution is 6.33. The van der Waals surface area contributed by atoms with Crippen molar-refractivity contribution in [1.82, 2.24) is 0 Å². The number of methoxy groups -OCH3 is 1. The van der Waals surface area contributed by atoms with Crippen molar-refractivity contribution in [1.29, 1.82) is 0 Å². The van der Waals surface area contributed by atoms with Gasteiger partial charge in [0.25, 0.3) is 5.91 Å². The van der Waals surface area contributed by atoms with Gasteiger partial charge in [0.1, 0.15) is 5.75 Å². The highest BCUT2D eigenvalue weighted by Crippen LogP contribution is 2.29. The van der Waals surface area contributed by atoms with Crippen LogP contribution in [0.4, 0.5) is 11.4 Å². The average molecular weight is 347 g/mol. The van der Waals surface area contributed by atoms with Crippen LogP contribution in [0.15, 0.2) is 42.5 Å². The zero-order chi connectivity index (χ0) is 16.9. The molecule has 1 heterocycles. The van der Waals surface area contributed by atoms with Crippen LogP contribution in [-0.4, -0.2) is 39.3 Å². The summed E-state index contributed by atoms with van der Waals surface area (Å²) in [6.07, 6.45) is 0. The number of hydrogen-bond donors (Lipinski definition) is 1. The molecule has 1 aliphatic rings. The Bertz CT molecular complexity index is 730. The average Bonchev–Trinajstić information content (AvgIpc) is 2.62. The van der Waals surface area contributed by atoms with Crippen molar-refractivity contribution in [3.8, 4) is 5.75 Å². The van der Waals surface area contributed by atoms with E-state index in [4.69, 9.17) is 21.1 Å². The summed E-state index contributed by atoms with van der Waals surface area (Å²) >= 11 is 6.39. The molecule has 0 unspecified atom stereocenters. The molecule has 2 aromatic carbocycles. The summed E-state index contributed by atoms with van der Waals surface area (Å²) in [6.45, 7) is 3.03. The summed E-state index contributed by atoms with van der Waals surface area (Å²) < 4.78 is 10.5. The van der Waals surface area contributed by atoms with Gasteiger partial charge in [0.05, 0.1) is 31.0 Å². The number of ether oxygens (including phenoxy) is 2. The highest BCUT2D eigenvalue weighted by atomic mass is 35.5. The van der Waals surface area contributed by atoms with E-state index < -0.39 is 0 Å². The van der Waals surface area contributed by atoms with E-state index in [1.54, 1.807) is 37.4 Å². The van der Waals surface area contributed by atoms with E-state index in [2.05, 4.69) is 10.2 Å². The lowest BCUT2D eigenvalue weighted by atomic mass is 10.2. The number of benzene rings is 2. The molecule has 2 aromatic rings. The second kappa shape index (κ2) is 7.55. The quantitative estimate of drug-likeness (QED) is 0.921. The standard InChI is InChI=1S/C18H19ClN2O3/c1-23-15-4-2-3-13(11-15)18(22)20-14-5-6-17(16(19)12-14)21-7-9-24-10-8-21/h2-6,11-12H,7-10H2,1H3,(H,20,22). The first kappa shape index (κ1) is 16.6. The van der Waals surface area contributed by atoms with Crippen LogP contribution in [0.25, 0.3) is 0 Å². The van der Waals surface area contributed by atoms with Gasteiger partial charge >= 0.3 is 0 Å². The van der Waals surface area contributed by atoms with E-state index in [9.17, 15) is 4.79 Å². The minimum atomic E-state index is -0.205. The summed E-state index contributed by atoms with van der Waals surface area (Å²) in [7, 11) is 1.57. The zero-order valence-corrected chi connectivity index (χ0v) is 14.2. The molecule has 3 rings (SSSR count). The van der Waals surface area contributed by atoms with E-state index in [-0.39, 0.29) is 5.91 Å². The van der Waals surface area contributed by atoms with E-state index in [0.717, 1.165) is 18.8 Å². The van der Waals surface area contributed by atoms with Gasteiger partial charge in [-0.3, -0.25) is 4.79 Å². The van der Waals surface area contributed by atoms with Gasteiger partial charge in [-0.05, 0) is 36.4 Å². The Morgan fingerprint density at radius 2 is 2.00 bits per heavy atom. The fourth-order valence-corrected chi connectivity index (χ4v) is 2.91. The predicted octanol–water partition coefficient (Wildman–Crippen LogP) is 3.44. The molecule has 0 spiro atoms. The summed E-state index contributed by atoms with van der Waals surface area (Å²) in [5.74, 6) is 0.437. The molecule has 5 nitrogen and oxygen atoms in total. The normalized spacial score (nSPS) is 14.3. The molecule has 1 N–H and O–H groups in total. The van der Waals surface area contributed by atoms with Gasteiger partial charge in [-0.25, -0.2) is 0 Å². The van der Waals surface area contributed by atoms with Crippen LogP contribution < -0.4 is 15.0 Å². The van der Waals surface area contributed by atoms with Crippen molar-refractivity contribution in [2.75, 3.05) is 43.6 Å². The maximum atomic E-state index is 12.3. The Morgan fingerprint density at radius 1 is 1.21 bits per heavy atom. The van der Waals surface area contributed by atoms with Crippen LogP contribution in [-0.2, 0) is 4.74 Å². The Kier molecular flexibility index (Phi) is 5.23. The van der Waals surface area contributed by atoms with Gasteiger partial charge < -0.3 is 19.7 Å². The maximum Gasteiger partial charge on any atom is 0.255 e. The first-order valence-electron chi connectivity index (χ1n) is 7.75. The van der Waals surface area contributed by atoms with Gasteiger partial charge in [-0.1, -0.05) is 17.7 Å². The van der Waals surface area contributed by atoms with Gasteiger partial charge in [0, 0.05) is 24.3 Å². The summed E-state index contributed by atoms with van der Waals surface area (Å²) in [6, 6.07) is 12.6. The number of morpholine rings is 1. The van der Waals surface area contributed by atoms with Gasteiger partial charge in [0.15, 0.2) is 0 Å². The smallest absolute Gasteiger partial charge is 0.255 e. The summed E-state index contributed by atoms with van der Waals surface area (Å²) in [4.78, 5) is 14.5. The SMILES string of the molecule is COc1cccc(C(=O)Nc2ccc(N3CCOCC3)c(Cl)c2)c1. The molecule has 0 aromatic heterocycles. The number of carbonyl (C=O) groups excluding carboxylic acids is 1. The number of hydrogen-bond acceptors (Lipinski definition) is 4. The Morgan fingerprint density at radius 3 is 2.71 bits per heavy atom. The molecular weight excluding hydrogens is 328 g/mol. The minimum absolute atomic E-state index is 0.205. The molecule has 126 valence electrons. The Balaban J connectivity index is 1.73. The first-order valence-corrected chi connectivity index (χ1v) is 8.13. The van der Waals surface area contributed by atoms with Crippen molar-refractivity contribution in [2.45, 2.75) is 0 Å². The lowest BCUT2D eigenvalue weighted by molar-refractivity contribution is 0.102. The second-order valence-electron chi connectivity index (χ2n) is 5.45. The third kappa shape index (κ3) is 3.80. The highest BCUT2D eigenvalue weighted by Gasteiger charge is 2.15. The number of nitrogens with one attached hydrogen (secondary N) is 1. The number of halogens is 1. The number of carbonyl (C=O) groups is 1. The molecule has 1 aliphatic heterocycles. The van der Waals surface area contributed by atoms with E-state index in [1.807, 2.05) is 12.1 Å². The molecule has 1 amide bonds. The van der Waals surface area contributed by atoms with Crippen LogP contribution >= 0.6 is 11.6 Å². The monoisotopic (exact) mass is 346 g/mol. The van der Waals surface area contributed by atoms with Crippen LogP contribution in [0.3, 0.4) is 0 Å². The number of rotatable bonds is 4. The Labute approximate surface area is 146 Å². The molecule has 6 heteroatoms. The molecule has 24 heavy (non-hydrogen) atoms. The van der Waals surface area contributed by atoms with Gasteiger partial charge in [-0.2, -0.15) is 0 Å². The summed E-state index contributed by atoms with van der Waals surface area (Å²) in [5.41, 5.74) is 2.15. The third-order valence-corrected chi connectivity index (χ3v) is 4.19. The van der Waals surface area contributed by atoms with Gasteiger partial charge in [0.2, 0.25) is 0 Å². The maximum absolute atomic E-state index is 12.3. The van der Waals surface area contributed by atoms with Crippen LogP contribution in [0.2, 0.25) is 5.02 Å². The van der Waals surface area contributed by atoms with Crippen LogP contribution in [0.1, 0.15) is 10.4 Å². The van der Waals surface area contributed by atoms with E-state index in [0.29, 0.717) is 35.2 Å². The largest absolute Gasteiger partial charge is 0.497 e. The molecule has 0 atom stereocenters. The number of anilines is 2. The van der Waals surface area contributed by atoms with E-state index >= 15 is 0 Å². The first-order chi connectivity index (χ1) is 11.7. The fourth-order valence-electron chi connectivity index (χ4n) is 2.61. The fraction of sp³-hybridized carbons (Fsp3) is 0.278. The van der Waals surface area contributed by atoms with Gasteiger partial charge in [-0.15, -0.1) is 0 Å². The lowest BCUT2D eigenvalue weighted by Crippen LogP contribution is -2.36. The van der Waals surface area contributed by atoms with Crippen molar-refractivity contribution < 1.29 is 14.3 Å². The second-order valence-corrected chi connectivity index (χ2v) is 5.86. The summed E-state index contributed by atoms with van der Waals surface area (Å²) in [5, 5.41) is 3.47. The number of nitrogens with zero attached hydrogens (tertiary/aromatic N) is 1. The Hall–Kier alpha value is -2.24. The lowest BCUT2D eigenvalue weighted by Gasteiger charge is -2.29. The van der Waals surface area contributed by atoms with Crippen LogP contribution in [0.5, 0.6) is 5.75 Å². The topological polar surface area (TPSA) is 50.8 Å². The molecular formula is C18H19ClN2O3.